The highest BCUT2D eigenvalue weighted by Gasteiger charge is 2.06. The second-order valence-corrected chi connectivity index (χ2v) is 3.06. The number of pyridine rings is 1. The number of carbonyl (C=O) groups is 1. The van der Waals surface area contributed by atoms with Crippen LogP contribution in [0.15, 0.2) is 24.5 Å². The Labute approximate surface area is 88.7 Å². The number of rotatable bonds is 5. The molecule has 4 heteroatoms. The van der Waals surface area contributed by atoms with Gasteiger partial charge in [-0.2, -0.15) is 0 Å². The van der Waals surface area contributed by atoms with Crippen LogP contribution in [0.25, 0.3) is 6.08 Å². The summed E-state index contributed by atoms with van der Waals surface area (Å²) in [6.07, 6.45) is 7.62. The molecule has 0 atom stereocenters. The van der Waals surface area contributed by atoms with Gasteiger partial charge in [-0.15, -0.1) is 0 Å². The van der Waals surface area contributed by atoms with Crippen LogP contribution < -0.4 is 5.32 Å². The van der Waals surface area contributed by atoms with E-state index >= 15 is 0 Å². The molecule has 0 fully saturated rings. The summed E-state index contributed by atoms with van der Waals surface area (Å²) >= 11 is 0. The van der Waals surface area contributed by atoms with Crippen molar-refractivity contribution in [3.63, 3.8) is 0 Å². The van der Waals surface area contributed by atoms with Gasteiger partial charge in [0.25, 0.3) is 0 Å². The summed E-state index contributed by atoms with van der Waals surface area (Å²) in [6.45, 7) is 0.874. The second kappa shape index (κ2) is 5.93. The predicted octanol–water partition coefficient (Wildman–Crippen LogP) is 1.40. The first-order chi connectivity index (χ1) is 7.25. The number of nitrogens with zero attached hydrogens (tertiary/aromatic N) is 1. The maximum absolute atomic E-state index is 10.8. The van der Waals surface area contributed by atoms with Gasteiger partial charge in [-0.1, -0.05) is 12.2 Å². The van der Waals surface area contributed by atoms with Gasteiger partial charge in [-0.25, -0.2) is 4.79 Å². The lowest BCUT2D eigenvalue weighted by molar-refractivity contribution is 0.0696. The zero-order valence-electron chi connectivity index (χ0n) is 8.60. The van der Waals surface area contributed by atoms with Crippen molar-refractivity contribution < 1.29 is 9.90 Å². The lowest BCUT2D eigenvalue weighted by atomic mass is 10.1. The fourth-order valence-electron chi connectivity index (χ4n) is 1.17. The van der Waals surface area contributed by atoms with Crippen molar-refractivity contribution in [3.8, 4) is 0 Å². The SMILES string of the molecule is CNCCC=Cc1cnccc1C(=O)O. The molecule has 0 aliphatic carbocycles. The molecule has 80 valence electrons. The molecule has 1 aromatic rings. The summed E-state index contributed by atoms with van der Waals surface area (Å²) in [6, 6.07) is 1.50. The zero-order valence-corrected chi connectivity index (χ0v) is 8.60. The first-order valence-electron chi connectivity index (χ1n) is 4.74. The molecule has 1 heterocycles. The summed E-state index contributed by atoms with van der Waals surface area (Å²) < 4.78 is 0. The van der Waals surface area contributed by atoms with Gasteiger partial charge in [0.15, 0.2) is 0 Å². The average Bonchev–Trinajstić information content (AvgIpc) is 2.25. The van der Waals surface area contributed by atoms with E-state index in [1.165, 1.54) is 12.3 Å². The third-order valence-electron chi connectivity index (χ3n) is 1.94. The van der Waals surface area contributed by atoms with E-state index in [0.717, 1.165) is 13.0 Å². The number of hydrogen-bond acceptors (Lipinski definition) is 3. The Morgan fingerprint density at radius 1 is 1.67 bits per heavy atom. The van der Waals surface area contributed by atoms with Gasteiger partial charge in [0.05, 0.1) is 5.56 Å². The third kappa shape index (κ3) is 3.52. The molecule has 15 heavy (non-hydrogen) atoms. The number of aromatic carboxylic acids is 1. The topological polar surface area (TPSA) is 62.2 Å². The average molecular weight is 206 g/mol. The van der Waals surface area contributed by atoms with E-state index in [4.69, 9.17) is 5.11 Å². The molecule has 2 N–H and O–H groups in total. The number of carboxylic acid groups (broad SMARTS) is 1. The quantitative estimate of drug-likeness (QED) is 0.715. The zero-order chi connectivity index (χ0) is 11.1. The fourth-order valence-corrected chi connectivity index (χ4v) is 1.17. The van der Waals surface area contributed by atoms with Crippen LogP contribution in [0, 0.1) is 0 Å². The van der Waals surface area contributed by atoms with Gasteiger partial charge in [0.1, 0.15) is 0 Å². The molecule has 0 radical (unpaired) electrons. The predicted molar refractivity (Wildman–Crippen MR) is 58.8 cm³/mol. The molecule has 0 unspecified atom stereocenters. The first kappa shape index (κ1) is 11.4. The van der Waals surface area contributed by atoms with Crippen molar-refractivity contribution in [2.45, 2.75) is 6.42 Å². The standard InChI is InChI=1S/C11H14N2O2/c1-12-6-3-2-4-9-8-13-7-5-10(9)11(14)15/h2,4-5,7-8,12H,3,6H2,1H3,(H,14,15). The van der Waals surface area contributed by atoms with Crippen LogP contribution in [0.3, 0.4) is 0 Å². The highest BCUT2D eigenvalue weighted by molar-refractivity contribution is 5.91. The molecule has 4 nitrogen and oxygen atoms in total. The lowest BCUT2D eigenvalue weighted by Crippen LogP contribution is -2.05. The highest BCUT2D eigenvalue weighted by atomic mass is 16.4. The van der Waals surface area contributed by atoms with Crippen LogP contribution in [0.5, 0.6) is 0 Å². The number of aromatic nitrogens is 1. The summed E-state index contributed by atoms with van der Waals surface area (Å²) in [7, 11) is 1.88. The Morgan fingerprint density at radius 3 is 3.13 bits per heavy atom. The minimum atomic E-state index is -0.925. The van der Waals surface area contributed by atoms with E-state index in [2.05, 4.69) is 10.3 Å². The second-order valence-electron chi connectivity index (χ2n) is 3.06. The summed E-state index contributed by atoms with van der Waals surface area (Å²) in [4.78, 5) is 14.7. The molecule has 0 saturated heterocycles. The smallest absolute Gasteiger partial charge is 0.336 e. The summed E-state index contributed by atoms with van der Waals surface area (Å²) in [5, 5.41) is 11.9. The van der Waals surface area contributed by atoms with Crippen molar-refractivity contribution in [3.05, 3.63) is 35.7 Å². The third-order valence-corrected chi connectivity index (χ3v) is 1.94. The molecule has 0 bridgehead atoms. The maximum atomic E-state index is 10.8. The van der Waals surface area contributed by atoms with E-state index in [9.17, 15) is 4.79 Å². The van der Waals surface area contributed by atoms with Crippen LogP contribution in [0.1, 0.15) is 22.3 Å². The molecular weight excluding hydrogens is 192 g/mol. The van der Waals surface area contributed by atoms with Crippen LogP contribution in [0.4, 0.5) is 0 Å². The molecule has 0 amide bonds. The van der Waals surface area contributed by atoms with Crippen molar-refractivity contribution in [1.29, 1.82) is 0 Å². The van der Waals surface area contributed by atoms with Gasteiger partial charge in [-0.05, 0) is 26.1 Å². The molecule has 1 rings (SSSR count). The minimum Gasteiger partial charge on any atom is -0.478 e. The molecule has 0 aliphatic rings. The highest BCUT2D eigenvalue weighted by Crippen LogP contribution is 2.09. The van der Waals surface area contributed by atoms with E-state index in [1.807, 2.05) is 13.1 Å². The van der Waals surface area contributed by atoms with Crippen LogP contribution >= 0.6 is 0 Å². The monoisotopic (exact) mass is 206 g/mol. The molecular formula is C11H14N2O2. The van der Waals surface area contributed by atoms with Gasteiger partial charge in [-0.3, -0.25) is 4.98 Å². The van der Waals surface area contributed by atoms with Crippen molar-refractivity contribution in [2.75, 3.05) is 13.6 Å². The largest absolute Gasteiger partial charge is 0.478 e. The summed E-state index contributed by atoms with van der Waals surface area (Å²) in [5.74, 6) is -0.925. The minimum absolute atomic E-state index is 0.283. The van der Waals surface area contributed by atoms with E-state index in [-0.39, 0.29) is 5.56 Å². The Morgan fingerprint density at radius 2 is 2.47 bits per heavy atom. The van der Waals surface area contributed by atoms with Crippen LogP contribution in [-0.4, -0.2) is 29.7 Å². The van der Waals surface area contributed by atoms with Crippen molar-refractivity contribution in [1.82, 2.24) is 10.3 Å². The van der Waals surface area contributed by atoms with E-state index in [0.29, 0.717) is 5.56 Å². The Bertz CT molecular complexity index is 361. The Hall–Kier alpha value is -1.68. The number of carboxylic acids is 1. The maximum Gasteiger partial charge on any atom is 0.336 e. The molecule has 0 aromatic carbocycles. The van der Waals surface area contributed by atoms with Gasteiger partial charge in [0, 0.05) is 18.0 Å². The summed E-state index contributed by atoms with van der Waals surface area (Å²) in [5.41, 5.74) is 0.923. The fraction of sp³-hybridized carbons (Fsp3) is 0.273. The Kier molecular flexibility index (Phi) is 4.50. The van der Waals surface area contributed by atoms with Crippen LogP contribution in [0.2, 0.25) is 0 Å². The van der Waals surface area contributed by atoms with Crippen molar-refractivity contribution >= 4 is 12.0 Å². The van der Waals surface area contributed by atoms with Gasteiger partial charge >= 0.3 is 5.97 Å². The lowest BCUT2D eigenvalue weighted by Gasteiger charge is -1.99. The van der Waals surface area contributed by atoms with Crippen molar-refractivity contribution in [2.24, 2.45) is 0 Å². The molecule has 0 saturated carbocycles. The van der Waals surface area contributed by atoms with E-state index in [1.54, 1.807) is 12.3 Å². The normalized spacial score (nSPS) is 10.7. The Balaban J connectivity index is 2.75. The molecule has 1 aromatic heterocycles. The number of nitrogens with one attached hydrogen (secondary N) is 1. The van der Waals surface area contributed by atoms with Gasteiger partial charge in [0.2, 0.25) is 0 Å². The van der Waals surface area contributed by atoms with Gasteiger partial charge < -0.3 is 10.4 Å². The van der Waals surface area contributed by atoms with Crippen LogP contribution in [-0.2, 0) is 0 Å². The molecule has 0 aliphatic heterocycles. The first-order valence-corrected chi connectivity index (χ1v) is 4.74. The molecule has 0 spiro atoms. The number of hydrogen-bond donors (Lipinski definition) is 2. The van der Waals surface area contributed by atoms with E-state index < -0.39 is 5.97 Å².